The van der Waals surface area contributed by atoms with Gasteiger partial charge < -0.3 is 5.73 Å². The summed E-state index contributed by atoms with van der Waals surface area (Å²) < 4.78 is 26.7. The minimum Gasteiger partial charge on any atom is -0.325 e. The third-order valence-electron chi connectivity index (χ3n) is 4.04. The van der Waals surface area contributed by atoms with Crippen LogP contribution in [0.4, 0.5) is 8.78 Å². The van der Waals surface area contributed by atoms with Gasteiger partial charge in [0.05, 0.1) is 0 Å². The highest BCUT2D eigenvalue weighted by atomic mass is 19.1. The molecule has 2 unspecified atom stereocenters. The van der Waals surface area contributed by atoms with E-state index < -0.39 is 11.6 Å². The van der Waals surface area contributed by atoms with E-state index in [2.05, 4.69) is 20.8 Å². The fourth-order valence-corrected chi connectivity index (χ4v) is 3.99. The van der Waals surface area contributed by atoms with E-state index in [0.717, 1.165) is 25.3 Å². The maximum absolute atomic E-state index is 13.8. The average Bonchev–Trinajstić information content (AvgIpc) is 2.18. The first-order chi connectivity index (χ1) is 8.69. The van der Waals surface area contributed by atoms with Crippen LogP contribution in [0.25, 0.3) is 0 Å². The normalized spacial score (nSPS) is 30.3. The zero-order valence-corrected chi connectivity index (χ0v) is 12.0. The first-order valence-corrected chi connectivity index (χ1v) is 6.92. The lowest BCUT2D eigenvalue weighted by Crippen LogP contribution is -2.50. The Labute approximate surface area is 114 Å². The Morgan fingerprint density at radius 2 is 1.95 bits per heavy atom. The molecular formula is C16H23F2N. The largest absolute Gasteiger partial charge is 0.325 e. The fraction of sp³-hybridized carbons (Fsp3) is 0.625. The lowest BCUT2D eigenvalue weighted by atomic mass is 9.63. The Kier molecular flexibility index (Phi) is 3.69. The average molecular weight is 267 g/mol. The topological polar surface area (TPSA) is 26.0 Å². The van der Waals surface area contributed by atoms with Crippen molar-refractivity contribution in [1.29, 1.82) is 0 Å². The highest BCUT2D eigenvalue weighted by molar-refractivity contribution is 5.21. The minimum atomic E-state index is -0.537. The third-order valence-corrected chi connectivity index (χ3v) is 4.04. The molecule has 2 N–H and O–H groups in total. The van der Waals surface area contributed by atoms with Gasteiger partial charge in [-0.1, -0.05) is 26.8 Å². The molecule has 0 radical (unpaired) electrons. The van der Waals surface area contributed by atoms with Crippen molar-refractivity contribution in [3.8, 4) is 0 Å². The summed E-state index contributed by atoms with van der Waals surface area (Å²) in [6.45, 7) is 6.63. The van der Waals surface area contributed by atoms with Crippen molar-refractivity contribution < 1.29 is 8.78 Å². The summed E-state index contributed by atoms with van der Waals surface area (Å²) in [5.41, 5.74) is 6.82. The third kappa shape index (κ3) is 3.53. The van der Waals surface area contributed by atoms with E-state index in [1.807, 2.05) is 0 Å². The van der Waals surface area contributed by atoms with E-state index in [9.17, 15) is 8.78 Å². The Morgan fingerprint density at radius 3 is 2.53 bits per heavy atom. The van der Waals surface area contributed by atoms with Crippen molar-refractivity contribution in [2.75, 3.05) is 0 Å². The molecule has 0 spiro atoms. The van der Waals surface area contributed by atoms with Crippen LogP contribution in [0.5, 0.6) is 0 Å². The van der Waals surface area contributed by atoms with Gasteiger partial charge in [-0.2, -0.15) is 0 Å². The fourth-order valence-electron chi connectivity index (χ4n) is 3.99. The van der Waals surface area contributed by atoms with Crippen molar-refractivity contribution >= 4 is 0 Å². The molecule has 3 heteroatoms. The van der Waals surface area contributed by atoms with E-state index >= 15 is 0 Å². The highest BCUT2D eigenvalue weighted by Crippen LogP contribution is 2.44. The number of benzene rings is 1. The van der Waals surface area contributed by atoms with E-state index in [4.69, 9.17) is 5.73 Å². The van der Waals surface area contributed by atoms with Gasteiger partial charge in [0.25, 0.3) is 0 Å². The summed E-state index contributed by atoms with van der Waals surface area (Å²) in [7, 11) is 0. The SMILES string of the molecule is CC1CC(C)(C)CC(N)(Cc2ccc(F)cc2F)C1. The first kappa shape index (κ1) is 14.4. The number of nitrogens with two attached hydrogens (primary N) is 1. The quantitative estimate of drug-likeness (QED) is 0.859. The van der Waals surface area contributed by atoms with Crippen molar-refractivity contribution in [3.63, 3.8) is 0 Å². The molecular weight excluding hydrogens is 244 g/mol. The summed E-state index contributed by atoms with van der Waals surface area (Å²) in [4.78, 5) is 0. The molecule has 106 valence electrons. The second-order valence-corrected chi connectivity index (χ2v) is 7.13. The molecule has 0 saturated heterocycles. The van der Waals surface area contributed by atoms with Crippen LogP contribution in [-0.2, 0) is 6.42 Å². The molecule has 2 rings (SSSR count). The Bertz CT molecular complexity index is 470. The molecule has 0 aromatic heterocycles. The Hall–Kier alpha value is -0.960. The van der Waals surface area contributed by atoms with Crippen LogP contribution >= 0.6 is 0 Å². The van der Waals surface area contributed by atoms with Gasteiger partial charge in [-0.3, -0.25) is 0 Å². The second kappa shape index (κ2) is 4.86. The van der Waals surface area contributed by atoms with Gasteiger partial charge in [0.2, 0.25) is 0 Å². The predicted octanol–water partition coefficient (Wildman–Crippen LogP) is 4.05. The van der Waals surface area contributed by atoms with Crippen LogP contribution in [0.15, 0.2) is 18.2 Å². The molecule has 1 nitrogen and oxygen atoms in total. The molecule has 1 aliphatic carbocycles. The van der Waals surface area contributed by atoms with Crippen LogP contribution in [0.3, 0.4) is 0 Å². The van der Waals surface area contributed by atoms with Crippen molar-refractivity contribution in [2.45, 2.75) is 52.0 Å². The Balaban J connectivity index is 2.21. The zero-order valence-electron chi connectivity index (χ0n) is 12.0. The Morgan fingerprint density at radius 1 is 1.26 bits per heavy atom. The van der Waals surface area contributed by atoms with E-state index in [-0.39, 0.29) is 11.0 Å². The van der Waals surface area contributed by atoms with Crippen LogP contribution in [0, 0.1) is 23.0 Å². The lowest BCUT2D eigenvalue weighted by molar-refractivity contribution is 0.107. The van der Waals surface area contributed by atoms with Gasteiger partial charge in [0.1, 0.15) is 11.6 Å². The maximum Gasteiger partial charge on any atom is 0.129 e. The maximum atomic E-state index is 13.8. The van der Waals surface area contributed by atoms with Gasteiger partial charge in [-0.25, -0.2) is 8.78 Å². The van der Waals surface area contributed by atoms with Gasteiger partial charge >= 0.3 is 0 Å². The molecule has 1 aromatic rings. The van der Waals surface area contributed by atoms with Crippen molar-refractivity contribution in [2.24, 2.45) is 17.1 Å². The van der Waals surface area contributed by atoms with Crippen LogP contribution in [0.2, 0.25) is 0 Å². The summed E-state index contributed by atoms with van der Waals surface area (Å²) in [5, 5.41) is 0. The van der Waals surface area contributed by atoms with Gasteiger partial charge in [-0.15, -0.1) is 0 Å². The van der Waals surface area contributed by atoms with Crippen LogP contribution in [-0.4, -0.2) is 5.54 Å². The molecule has 1 aliphatic rings. The number of hydrogen-bond donors (Lipinski definition) is 1. The number of rotatable bonds is 2. The summed E-state index contributed by atoms with van der Waals surface area (Å²) in [5.74, 6) is -0.484. The summed E-state index contributed by atoms with van der Waals surface area (Å²) in [6.07, 6.45) is 3.40. The smallest absolute Gasteiger partial charge is 0.129 e. The van der Waals surface area contributed by atoms with E-state index in [1.165, 1.54) is 12.1 Å². The zero-order chi connectivity index (χ0) is 14.3. The standard InChI is InChI=1S/C16H23F2N/c1-11-7-15(2,3)10-16(19,8-11)9-12-4-5-13(17)6-14(12)18/h4-6,11H,7-10,19H2,1-3H3. The van der Waals surface area contributed by atoms with E-state index in [1.54, 1.807) is 0 Å². The number of hydrogen-bond acceptors (Lipinski definition) is 1. The van der Waals surface area contributed by atoms with Gasteiger partial charge in [0.15, 0.2) is 0 Å². The van der Waals surface area contributed by atoms with Crippen molar-refractivity contribution in [3.05, 3.63) is 35.4 Å². The summed E-state index contributed by atoms with van der Waals surface area (Å²) in [6, 6.07) is 3.76. The molecule has 19 heavy (non-hydrogen) atoms. The molecule has 0 bridgehead atoms. The predicted molar refractivity (Wildman–Crippen MR) is 73.8 cm³/mol. The van der Waals surface area contributed by atoms with Crippen LogP contribution in [0.1, 0.15) is 45.6 Å². The minimum absolute atomic E-state index is 0.183. The molecule has 1 fully saturated rings. The second-order valence-electron chi connectivity index (χ2n) is 7.13. The van der Waals surface area contributed by atoms with Gasteiger partial charge in [-0.05, 0) is 48.6 Å². The molecule has 0 amide bonds. The molecule has 1 saturated carbocycles. The highest BCUT2D eigenvalue weighted by Gasteiger charge is 2.40. The number of halogens is 2. The lowest BCUT2D eigenvalue weighted by Gasteiger charge is -2.46. The summed E-state index contributed by atoms with van der Waals surface area (Å²) >= 11 is 0. The molecule has 1 aromatic carbocycles. The van der Waals surface area contributed by atoms with Crippen LogP contribution < -0.4 is 5.73 Å². The monoisotopic (exact) mass is 267 g/mol. The molecule has 0 aliphatic heterocycles. The van der Waals surface area contributed by atoms with Crippen molar-refractivity contribution in [1.82, 2.24) is 0 Å². The first-order valence-electron chi connectivity index (χ1n) is 6.92. The van der Waals surface area contributed by atoms with E-state index in [0.29, 0.717) is 17.9 Å². The van der Waals surface area contributed by atoms with Gasteiger partial charge in [0, 0.05) is 11.6 Å². The molecule has 0 heterocycles. The molecule has 2 atom stereocenters.